The van der Waals surface area contributed by atoms with Crippen LogP contribution in [-0.4, -0.2) is 57.4 Å². The predicted octanol–water partition coefficient (Wildman–Crippen LogP) is 0.758. The van der Waals surface area contributed by atoms with Crippen LogP contribution in [-0.2, 0) is 11.3 Å². The van der Waals surface area contributed by atoms with Gasteiger partial charge in [-0.2, -0.15) is 0 Å². The molecular formula is C13H23N3O2. The molecule has 5 heteroatoms. The summed E-state index contributed by atoms with van der Waals surface area (Å²) in [6, 6.07) is 3.93. The Morgan fingerprint density at radius 3 is 2.72 bits per heavy atom. The Morgan fingerprint density at radius 1 is 1.28 bits per heavy atom. The van der Waals surface area contributed by atoms with E-state index in [1.807, 2.05) is 26.2 Å². The zero-order valence-electron chi connectivity index (χ0n) is 11.5. The van der Waals surface area contributed by atoms with E-state index in [1.54, 1.807) is 13.3 Å². The van der Waals surface area contributed by atoms with Crippen LogP contribution in [0.1, 0.15) is 5.69 Å². The standard InChI is InChI=1S/C13H23N3O2/c1-16(2)7-9-18-13-5-4-12(15-11-13)10-14-6-8-17-3/h4-5,11,14H,6-10H2,1-3H3. The lowest BCUT2D eigenvalue weighted by Gasteiger charge is -2.11. The molecule has 0 radical (unpaired) electrons. The summed E-state index contributed by atoms with van der Waals surface area (Å²) >= 11 is 0. The molecule has 0 atom stereocenters. The molecule has 0 fully saturated rings. The highest BCUT2D eigenvalue weighted by atomic mass is 16.5. The first kappa shape index (κ1) is 14.9. The average molecular weight is 253 g/mol. The fourth-order valence-corrected chi connectivity index (χ4v) is 1.34. The molecule has 0 bridgehead atoms. The van der Waals surface area contributed by atoms with E-state index in [1.165, 1.54) is 0 Å². The molecule has 1 N–H and O–H groups in total. The third kappa shape index (κ3) is 6.54. The molecule has 1 aromatic rings. The second kappa shape index (κ2) is 8.85. The highest BCUT2D eigenvalue weighted by Gasteiger charge is 1.97. The summed E-state index contributed by atoms with van der Waals surface area (Å²) in [5.74, 6) is 0.817. The van der Waals surface area contributed by atoms with Crippen molar-refractivity contribution in [2.24, 2.45) is 0 Å². The molecular weight excluding hydrogens is 230 g/mol. The summed E-state index contributed by atoms with van der Waals surface area (Å²) in [5, 5.41) is 3.25. The van der Waals surface area contributed by atoms with Gasteiger partial charge < -0.3 is 19.7 Å². The van der Waals surface area contributed by atoms with Crippen LogP contribution < -0.4 is 10.1 Å². The summed E-state index contributed by atoms with van der Waals surface area (Å²) in [4.78, 5) is 6.42. The van der Waals surface area contributed by atoms with Crippen LogP contribution in [0.15, 0.2) is 18.3 Å². The maximum atomic E-state index is 5.57. The van der Waals surface area contributed by atoms with Crippen molar-refractivity contribution >= 4 is 0 Å². The number of methoxy groups -OCH3 is 1. The first-order valence-corrected chi connectivity index (χ1v) is 6.14. The minimum Gasteiger partial charge on any atom is -0.491 e. The molecule has 0 aliphatic rings. The Balaban J connectivity index is 2.24. The van der Waals surface area contributed by atoms with Gasteiger partial charge in [-0.3, -0.25) is 4.98 Å². The maximum Gasteiger partial charge on any atom is 0.137 e. The number of hydrogen-bond donors (Lipinski definition) is 1. The van der Waals surface area contributed by atoms with Crippen LogP contribution in [0.5, 0.6) is 5.75 Å². The minimum atomic E-state index is 0.681. The first-order valence-electron chi connectivity index (χ1n) is 6.14. The Labute approximate surface area is 109 Å². The Morgan fingerprint density at radius 2 is 2.11 bits per heavy atom. The van der Waals surface area contributed by atoms with Gasteiger partial charge in [0.1, 0.15) is 12.4 Å². The molecule has 0 unspecified atom stereocenters. The van der Waals surface area contributed by atoms with E-state index in [0.717, 1.165) is 31.1 Å². The lowest BCUT2D eigenvalue weighted by molar-refractivity contribution is 0.199. The van der Waals surface area contributed by atoms with Crippen molar-refractivity contribution < 1.29 is 9.47 Å². The van der Waals surface area contributed by atoms with E-state index in [9.17, 15) is 0 Å². The minimum absolute atomic E-state index is 0.681. The van der Waals surface area contributed by atoms with E-state index >= 15 is 0 Å². The SMILES string of the molecule is COCCNCc1ccc(OCCN(C)C)cn1. The molecule has 0 aromatic carbocycles. The number of nitrogens with one attached hydrogen (secondary N) is 1. The second-order valence-electron chi connectivity index (χ2n) is 4.31. The molecule has 0 saturated heterocycles. The van der Waals surface area contributed by atoms with Gasteiger partial charge in [-0.15, -0.1) is 0 Å². The van der Waals surface area contributed by atoms with Gasteiger partial charge in [-0.1, -0.05) is 0 Å². The molecule has 0 aliphatic heterocycles. The van der Waals surface area contributed by atoms with Gasteiger partial charge in [-0.25, -0.2) is 0 Å². The van der Waals surface area contributed by atoms with E-state index in [2.05, 4.69) is 15.2 Å². The highest BCUT2D eigenvalue weighted by molar-refractivity contribution is 5.19. The molecule has 102 valence electrons. The number of ether oxygens (including phenoxy) is 2. The molecule has 18 heavy (non-hydrogen) atoms. The average Bonchev–Trinajstić information content (AvgIpc) is 2.36. The summed E-state index contributed by atoms with van der Waals surface area (Å²) in [6.07, 6.45) is 1.77. The number of pyridine rings is 1. The van der Waals surface area contributed by atoms with Gasteiger partial charge in [0.25, 0.3) is 0 Å². The van der Waals surface area contributed by atoms with Crippen molar-refractivity contribution in [1.29, 1.82) is 0 Å². The largest absolute Gasteiger partial charge is 0.491 e. The Hall–Kier alpha value is -1.17. The quantitative estimate of drug-likeness (QED) is 0.658. The zero-order valence-corrected chi connectivity index (χ0v) is 11.5. The zero-order chi connectivity index (χ0) is 13.2. The smallest absolute Gasteiger partial charge is 0.137 e. The van der Waals surface area contributed by atoms with Crippen molar-refractivity contribution in [2.75, 3.05) is 47.5 Å². The van der Waals surface area contributed by atoms with Gasteiger partial charge in [0.05, 0.1) is 18.5 Å². The van der Waals surface area contributed by atoms with Crippen molar-refractivity contribution in [3.05, 3.63) is 24.0 Å². The summed E-state index contributed by atoms with van der Waals surface area (Å²) in [5.41, 5.74) is 1.01. The van der Waals surface area contributed by atoms with Gasteiger partial charge in [0.15, 0.2) is 0 Å². The predicted molar refractivity (Wildman–Crippen MR) is 71.9 cm³/mol. The van der Waals surface area contributed by atoms with Crippen LogP contribution in [0.4, 0.5) is 0 Å². The van der Waals surface area contributed by atoms with E-state index in [-0.39, 0.29) is 0 Å². The summed E-state index contributed by atoms with van der Waals surface area (Å²) < 4.78 is 10.5. The number of rotatable bonds is 9. The van der Waals surface area contributed by atoms with Gasteiger partial charge >= 0.3 is 0 Å². The van der Waals surface area contributed by atoms with Gasteiger partial charge in [-0.05, 0) is 26.2 Å². The van der Waals surface area contributed by atoms with E-state index < -0.39 is 0 Å². The molecule has 0 aliphatic carbocycles. The fourth-order valence-electron chi connectivity index (χ4n) is 1.34. The molecule has 1 heterocycles. The van der Waals surface area contributed by atoms with Crippen molar-refractivity contribution in [3.8, 4) is 5.75 Å². The van der Waals surface area contributed by atoms with Crippen molar-refractivity contribution in [1.82, 2.24) is 15.2 Å². The van der Waals surface area contributed by atoms with Crippen LogP contribution in [0.2, 0.25) is 0 Å². The summed E-state index contributed by atoms with van der Waals surface area (Å²) in [7, 11) is 5.74. The monoisotopic (exact) mass is 253 g/mol. The molecule has 1 rings (SSSR count). The highest BCUT2D eigenvalue weighted by Crippen LogP contribution is 2.08. The third-order valence-corrected chi connectivity index (χ3v) is 2.39. The molecule has 5 nitrogen and oxygen atoms in total. The fraction of sp³-hybridized carbons (Fsp3) is 0.615. The topological polar surface area (TPSA) is 46.6 Å². The number of nitrogens with zero attached hydrogens (tertiary/aromatic N) is 2. The lowest BCUT2D eigenvalue weighted by Crippen LogP contribution is -2.20. The lowest BCUT2D eigenvalue weighted by atomic mass is 10.3. The number of hydrogen-bond acceptors (Lipinski definition) is 5. The third-order valence-electron chi connectivity index (χ3n) is 2.39. The number of likely N-dealkylation sites (N-methyl/N-ethyl adjacent to an activating group) is 1. The number of aromatic nitrogens is 1. The van der Waals surface area contributed by atoms with Crippen molar-refractivity contribution in [3.63, 3.8) is 0 Å². The van der Waals surface area contributed by atoms with Gasteiger partial charge in [0, 0.05) is 26.7 Å². The normalized spacial score (nSPS) is 10.9. The van der Waals surface area contributed by atoms with Crippen molar-refractivity contribution in [2.45, 2.75) is 6.54 Å². The molecule has 0 spiro atoms. The first-order chi connectivity index (χ1) is 8.72. The molecule has 0 amide bonds. The van der Waals surface area contributed by atoms with Gasteiger partial charge in [0.2, 0.25) is 0 Å². The molecule has 0 saturated carbocycles. The van der Waals surface area contributed by atoms with Crippen LogP contribution in [0.25, 0.3) is 0 Å². The maximum absolute atomic E-state index is 5.57. The van der Waals surface area contributed by atoms with Crippen LogP contribution >= 0.6 is 0 Å². The van der Waals surface area contributed by atoms with Crippen LogP contribution in [0.3, 0.4) is 0 Å². The van der Waals surface area contributed by atoms with E-state index in [0.29, 0.717) is 13.2 Å². The Kier molecular flexibility index (Phi) is 7.32. The molecule has 1 aromatic heterocycles. The second-order valence-corrected chi connectivity index (χ2v) is 4.31. The summed E-state index contributed by atoms with van der Waals surface area (Å²) in [6.45, 7) is 3.88. The van der Waals surface area contributed by atoms with Crippen LogP contribution in [0, 0.1) is 0 Å². The Bertz CT molecular complexity index is 315. The van der Waals surface area contributed by atoms with E-state index in [4.69, 9.17) is 9.47 Å².